The molecule has 0 aliphatic rings. The normalized spacial score (nSPS) is 11.2. The maximum absolute atomic E-state index is 4.39. The maximum atomic E-state index is 4.39. The predicted molar refractivity (Wildman–Crippen MR) is 207 cm³/mol. The van der Waals surface area contributed by atoms with Crippen LogP contribution >= 0.6 is 0 Å². The molecule has 0 bridgehead atoms. The van der Waals surface area contributed by atoms with E-state index in [0.717, 1.165) is 24.5 Å². The zero-order valence-corrected chi connectivity index (χ0v) is 28.5. The molecule has 0 aliphatic heterocycles. The molecule has 0 fully saturated rings. The first-order valence-corrected chi connectivity index (χ1v) is 17.6. The lowest BCUT2D eigenvalue weighted by Gasteiger charge is -2.44. The summed E-state index contributed by atoms with van der Waals surface area (Å²) in [6, 6.07) is 60.1. The highest BCUT2D eigenvalue weighted by Gasteiger charge is 2.31. The molecule has 3 heterocycles. The number of unbranched alkanes of at least 4 members (excludes halogenated alkanes) is 1. The molecule has 0 aliphatic carbocycles. The average Bonchev–Trinajstić information content (AvgIpc) is 3.84. The van der Waals surface area contributed by atoms with Gasteiger partial charge in [0.15, 0.2) is 16.9 Å². The summed E-state index contributed by atoms with van der Waals surface area (Å²) in [5.74, 6) is 0. The summed E-state index contributed by atoms with van der Waals surface area (Å²) in [7, 11) is 0. The number of imidazole rings is 1. The maximum Gasteiger partial charge on any atom is 0.249 e. The molecule has 5 nitrogen and oxygen atoms in total. The molecule has 50 heavy (non-hydrogen) atoms. The Hall–Kier alpha value is -6.01. The number of pyridine rings is 1. The van der Waals surface area contributed by atoms with E-state index in [-0.39, 0.29) is 0 Å². The van der Waals surface area contributed by atoms with Gasteiger partial charge in [0.2, 0.25) is 6.33 Å². The Kier molecular flexibility index (Phi) is 10.1. The fourth-order valence-electron chi connectivity index (χ4n) is 7.18. The van der Waals surface area contributed by atoms with Gasteiger partial charge in [-0.3, -0.25) is 0 Å². The summed E-state index contributed by atoms with van der Waals surface area (Å²) in [4.78, 5) is 0. The molecular formula is C44H42BN5. The van der Waals surface area contributed by atoms with E-state index in [2.05, 4.69) is 190 Å². The van der Waals surface area contributed by atoms with Crippen molar-refractivity contribution in [1.29, 1.82) is 0 Å². The van der Waals surface area contributed by atoms with Gasteiger partial charge in [-0.15, -0.1) is 5.10 Å². The summed E-state index contributed by atoms with van der Waals surface area (Å²) in [5.41, 5.74) is 9.70. The number of rotatable bonds is 10. The predicted octanol–water partition coefficient (Wildman–Crippen LogP) is 6.40. The van der Waals surface area contributed by atoms with Crippen LogP contribution in [0.4, 0.5) is 0 Å². The van der Waals surface area contributed by atoms with E-state index >= 15 is 0 Å². The van der Waals surface area contributed by atoms with Gasteiger partial charge in [0.25, 0.3) is 0 Å². The van der Waals surface area contributed by atoms with Gasteiger partial charge < -0.3 is 0 Å². The van der Waals surface area contributed by atoms with Gasteiger partial charge in [0, 0.05) is 0 Å². The van der Waals surface area contributed by atoms with Crippen molar-refractivity contribution in [3.63, 3.8) is 0 Å². The number of aryl methyl sites for hydroxylation is 1. The molecule has 246 valence electrons. The Morgan fingerprint density at radius 2 is 1.08 bits per heavy atom. The minimum absolute atomic E-state index is 0.728. The van der Waals surface area contributed by atoms with Gasteiger partial charge in [-0.05, 0) is 24.1 Å². The lowest BCUT2D eigenvalue weighted by atomic mass is 9.13. The van der Waals surface area contributed by atoms with Crippen LogP contribution in [0.15, 0.2) is 189 Å². The summed E-state index contributed by atoms with van der Waals surface area (Å²) < 4.78 is 6.32. The van der Waals surface area contributed by atoms with Gasteiger partial charge in [0.1, 0.15) is 12.3 Å². The largest absolute Gasteiger partial charge is 0.249 e. The zero-order valence-electron chi connectivity index (χ0n) is 28.5. The lowest BCUT2D eigenvalue weighted by molar-refractivity contribution is -0.695. The molecular weight excluding hydrogens is 609 g/mol. The van der Waals surface area contributed by atoms with E-state index in [0.29, 0.717) is 0 Å². The van der Waals surface area contributed by atoms with Crippen LogP contribution in [-0.2, 0) is 13.1 Å². The van der Waals surface area contributed by atoms with Gasteiger partial charge in [0.05, 0.1) is 19.3 Å². The van der Waals surface area contributed by atoms with Crippen molar-refractivity contribution in [2.75, 3.05) is 0 Å². The van der Waals surface area contributed by atoms with Crippen molar-refractivity contribution in [3.05, 3.63) is 194 Å². The first kappa shape index (κ1) is 32.5. The average molecular weight is 652 g/mol. The second kappa shape index (κ2) is 15.5. The first-order chi connectivity index (χ1) is 24.8. The van der Waals surface area contributed by atoms with Gasteiger partial charge in [-0.1, -0.05) is 176 Å². The highest BCUT2D eigenvalue weighted by atomic mass is 15.4. The molecule has 5 aromatic carbocycles. The van der Waals surface area contributed by atoms with Crippen molar-refractivity contribution in [3.8, 4) is 11.4 Å². The van der Waals surface area contributed by atoms with Crippen molar-refractivity contribution in [2.45, 2.75) is 32.9 Å². The number of hydrogen-bond donors (Lipinski definition) is 0. The van der Waals surface area contributed by atoms with E-state index in [4.69, 9.17) is 0 Å². The van der Waals surface area contributed by atoms with E-state index < -0.39 is 6.15 Å². The Morgan fingerprint density at radius 1 is 0.580 bits per heavy atom. The van der Waals surface area contributed by atoms with Crippen molar-refractivity contribution >= 4 is 33.5 Å². The zero-order chi connectivity index (χ0) is 34.0. The molecule has 0 atom stereocenters. The van der Waals surface area contributed by atoms with E-state index in [9.17, 15) is 0 Å². The van der Waals surface area contributed by atoms with Gasteiger partial charge >= 0.3 is 0 Å². The molecule has 0 saturated heterocycles. The van der Waals surface area contributed by atoms with Crippen LogP contribution in [0.5, 0.6) is 0 Å². The first-order valence-electron chi connectivity index (χ1n) is 17.6. The molecule has 8 rings (SSSR count). The second-order valence-electron chi connectivity index (χ2n) is 12.8. The van der Waals surface area contributed by atoms with Gasteiger partial charge in [-0.2, -0.15) is 26.3 Å². The molecule has 0 radical (unpaired) electrons. The highest BCUT2D eigenvalue weighted by molar-refractivity contribution is 7.19. The molecule has 8 aromatic rings. The van der Waals surface area contributed by atoms with Crippen LogP contribution in [0.25, 0.3) is 16.9 Å². The van der Waals surface area contributed by atoms with Crippen LogP contribution in [0.3, 0.4) is 0 Å². The molecule has 0 N–H and O–H groups in total. The summed E-state index contributed by atoms with van der Waals surface area (Å²) in [5, 5.41) is 8.68. The topological polar surface area (TPSA) is 39.0 Å². The third-order valence-corrected chi connectivity index (χ3v) is 9.58. The molecule has 0 unspecified atom stereocenters. The highest BCUT2D eigenvalue weighted by Crippen LogP contribution is 2.18. The number of aromatic nitrogens is 5. The standard InChI is InChI=1S/C24H20B.C20H22N5/c1-5-13-21(14-6-1)25(22-15-7-2-8-16-22,23-17-9-3-10-18-23)24-19-11-4-12-20-24;1-2-3-12-23-14-18-10-7-11-20(25(18)16-23)19-15-24(22-21-19)13-17-8-5-4-6-9-17/h1-20H;4-11,14-16H,2-3,12-13H2,1H3/q-1;+1. The quantitative estimate of drug-likeness (QED) is 0.127. The second-order valence-corrected chi connectivity index (χ2v) is 12.8. The molecule has 3 aromatic heterocycles. The SMILES string of the molecule is CCCC[n+]1cc2cccc(-c3cn(Cc4ccccc4)nn3)n2c1.c1ccc([B-](c2ccccc2)(c2ccccc2)c2ccccc2)cc1. The van der Waals surface area contributed by atoms with E-state index in [1.807, 2.05) is 29.1 Å². The third-order valence-electron chi connectivity index (χ3n) is 9.58. The summed E-state index contributed by atoms with van der Waals surface area (Å²) >= 11 is 0. The molecule has 0 amide bonds. The van der Waals surface area contributed by atoms with E-state index in [1.165, 1.54) is 45.8 Å². The van der Waals surface area contributed by atoms with Crippen LogP contribution in [0.1, 0.15) is 25.3 Å². The van der Waals surface area contributed by atoms with Crippen LogP contribution < -0.4 is 26.4 Å². The summed E-state index contributed by atoms with van der Waals surface area (Å²) in [6.07, 6.45) is 7.51. The number of hydrogen-bond acceptors (Lipinski definition) is 2. The number of fused-ring (bicyclic) bond motifs is 1. The monoisotopic (exact) mass is 651 g/mol. The Bertz CT molecular complexity index is 2050. The Labute approximate surface area is 295 Å². The van der Waals surface area contributed by atoms with Crippen molar-refractivity contribution < 1.29 is 4.57 Å². The molecule has 0 spiro atoms. The number of benzene rings is 5. The summed E-state index contributed by atoms with van der Waals surface area (Å²) in [6.45, 7) is 3.98. The van der Waals surface area contributed by atoms with E-state index in [1.54, 1.807) is 0 Å². The minimum Gasteiger partial charge on any atom is -0.247 e. The number of nitrogens with zero attached hydrogens (tertiary/aromatic N) is 5. The van der Waals surface area contributed by atoms with Crippen LogP contribution in [-0.4, -0.2) is 25.5 Å². The van der Waals surface area contributed by atoms with Crippen LogP contribution in [0.2, 0.25) is 0 Å². The lowest BCUT2D eigenvalue weighted by Crippen LogP contribution is -2.74. The smallest absolute Gasteiger partial charge is 0.247 e. The van der Waals surface area contributed by atoms with Crippen LogP contribution in [0, 0.1) is 0 Å². The third kappa shape index (κ3) is 6.92. The van der Waals surface area contributed by atoms with Crippen molar-refractivity contribution in [1.82, 2.24) is 19.4 Å². The molecule has 0 saturated carbocycles. The fraction of sp³-hybridized carbons (Fsp3) is 0.114. The Balaban J connectivity index is 0.000000157. The minimum atomic E-state index is -1.22. The van der Waals surface area contributed by atoms with Gasteiger partial charge in [-0.25, -0.2) is 9.25 Å². The Morgan fingerprint density at radius 3 is 1.58 bits per heavy atom. The molecule has 6 heteroatoms. The van der Waals surface area contributed by atoms with Crippen molar-refractivity contribution in [2.24, 2.45) is 0 Å². The fourth-order valence-corrected chi connectivity index (χ4v) is 7.18.